The minimum Gasteiger partial charge on any atom is -1.00 e. The third-order valence-electron chi connectivity index (χ3n) is 0.950. The Morgan fingerprint density at radius 1 is 1.73 bits per heavy atom. The van der Waals surface area contributed by atoms with E-state index in [0.29, 0.717) is 6.42 Å². The maximum absolute atomic E-state index is 10.1. The Morgan fingerprint density at radius 3 is 2.45 bits per heavy atom. The van der Waals surface area contributed by atoms with Gasteiger partial charge in [-0.2, -0.15) is 11.8 Å². The summed E-state index contributed by atoms with van der Waals surface area (Å²) in [5, 5.41) is 8.27. The number of halogens is 1. The van der Waals surface area contributed by atoms with E-state index < -0.39 is 12.0 Å². The molecule has 0 aromatic rings. The summed E-state index contributed by atoms with van der Waals surface area (Å²) in [7, 11) is 0. The molecule has 0 amide bonds. The van der Waals surface area contributed by atoms with Crippen molar-refractivity contribution in [1.82, 2.24) is 0 Å². The topological polar surface area (TPSA) is 63.3 Å². The van der Waals surface area contributed by atoms with Crippen molar-refractivity contribution in [1.29, 1.82) is 0 Å². The summed E-state index contributed by atoms with van der Waals surface area (Å²) < 4.78 is 0. The Hall–Kier alpha value is 0.693. The minimum absolute atomic E-state index is 0. The second-order valence-corrected chi connectivity index (χ2v) is 2.71. The number of carbonyl (C=O) groups is 1. The minimum atomic E-state index is -0.913. The fraction of sp³-hybridized carbons (Fsp3) is 0.800. The van der Waals surface area contributed by atoms with Crippen LogP contribution in [0.3, 0.4) is 0 Å². The largest absolute Gasteiger partial charge is 2.00 e. The molecule has 0 aliphatic carbocycles. The Balaban J connectivity index is -0.000000320. The van der Waals surface area contributed by atoms with Crippen LogP contribution in [0, 0.1) is 0 Å². The molecule has 0 aromatic heterocycles. The average Bonchev–Trinajstić information content (AvgIpc) is 1.82. The third-order valence-corrected chi connectivity index (χ3v) is 1.59. The molecule has 3 nitrogen and oxygen atoms in total. The molecule has 1 unspecified atom stereocenters. The van der Waals surface area contributed by atoms with Crippen molar-refractivity contribution in [2.24, 2.45) is 5.73 Å². The standard InChI is InChI=1S/C5H11NO2S.ClH.Zn/c1-9-3-2-4(6)5(7)8;;/h4H,2-3,6H2,1H3,(H,7,8);1H;/q;;+2/p-1. The molecule has 11 heavy (non-hydrogen) atoms. The predicted molar refractivity (Wildman–Crippen MR) is 38.6 cm³/mol. The number of carboxylic acid groups (broad SMARTS) is 1. The number of hydrogen-bond donors (Lipinski definition) is 2. The van der Waals surface area contributed by atoms with Gasteiger partial charge in [-0.05, 0) is 18.4 Å². The van der Waals surface area contributed by atoms with Crippen molar-refractivity contribution in [3.8, 4) is 0 Å². The van der Waals surface area contributed by atoms with E-state index in [1.807, 2.05) is 6.26 Å². The second-order valence-electron chi connectivity index (χ2n) is 1.73. The van der Waals surface area contributed by atoms with Crippen LogP contribution in [-0.2, 0) is 24.3 Å². The van der Waals surface area contributed by atoms with E-state index in [1.165, 1.54) is 0 Å². The molecule has 62 valence electrons. The van der Waals surface area contributed by atoms with Gasteiger partial charge in [-0.25, -0.2) is 0 Å². The summed E-state index contributed by atoms with van der Waals surface area (Å²) in [6, 6.07) is -0.683. The first kappa shape index (κ1) is 17.7. The summed E-state index contributed by atoms with van der Waals surface area (Å²) in [4.78, 5) is 10.1. The second kappa shape index (κ2) is 10.7. The molecule has 0 aliphatic heterocycles. The van der Waals surface area contributed by atoms with Crippen LogP contribution in [0.25, 0.3) is 0 Å². The van der Waals surface area contributed by atoms with Crippen LogP contribution < -0.4 is 18.1 Å². The summed E-state index contributed by atoms with van der Waals surface area (Å²) in [6.45, 7) is 0. The van der Waals surface area contributed by atoms with Crippen LogP contribution in [0.1, 0.15) is 6.42 Å². The number of nitrogens with two attached hydrogens (primary N) is 1. The van der Waals surface area contributed by atoms with Crippen LogP contribution in [0.15, 0.2) is 0 Å². The number of hydrogen-bond acceptors (Lipinski definition) is 3. The van der Waals surface area contributed by atoms with Crippen LogP contribution in [0.4, 0.5) is 0 Å². The maximum Gasteiger partial charge on any atom is 2.00 e. The zero-order chi connectivity index (χ0) is 7.28. The molecule has 0 saturated heterocycles. The van der Waals surface area contributed by atoms with Gasteiger partial charge < -0.3 is 23.2 Å². The number of rotatable bonds is 4. The first-order valence-electron chi connectivity index (χ1n) is 2.65. The van der Waals surface area contributed by atoms with Crippen LogP contribution in [-0.4, -0.2) is 29.1 Å². The molecule has 0 spiro atoms. The first-order valence-corrected chi connectivity index (χ1v) is 4.05. The van der Waals surface area contributed by atoms with Gasteiger partial charge in [0, 0.05) is 0 Å². The molecule has 0 aromatic carbocycles. The molecule has 1 atom stereocenters. The summed E-state index contributed by atoms with van der Waals surface area (Å²) in [6.07, 6.45) is 2.48. The van der Waals surface area contributed by atoms with E-state index in [4.69, 9.17) is 10.8 Å². The van der Waals surface area contributed by atoms with Gasteiger partial charge in [0.25, 0.3) is 0 Å². The molecule has 0 heterocycles. The van der Waals surface area contributed by atoms with E-state index >= 15 is 0 Å². The van der Waals surface area contributed by atoms with Crippen molar-refractivity contribution in [3.63, 3.8) is 0 Å². The van der Waals surface area contributed by atoms with E-state index in [0.717, 1.165) is 5.75 Å². The van der Waals surface area contributed by atoms with E-state index in [-0.39, 0.29) is 31.9 Å². The first-order chi connectivity index (χ1) is 4.18. The van der Waals surface area contributed by atoms with Gasteiger partial charge in [-0.3, -0.25) is 4.79 Å². The summed E-state index contributed by atoms with van der Waals surface area (Å²) >= 11 is 1.60. The number of aliphatic carboxylic acids is 1. The van der Waals surface area contributed by atoms with Gasteiger partial charge >= 0.3 is 25.4 Å². The average molecular weight is 250 g/mol. The maximum atomic E-state index is 10.1. The monoisotopic (exact) mass is 248 g/mol. The molecule has 0 rings (SSSR count). The van der Waals surface area contributed by atoms with E-state index in [2.05, 4.69) is 0 Å². The molecule has 0 radical (unpaired) electrons. The Bertz CT molecular complexity index is 106. The van der Waals surface area contributed by atoms with Crippen molar-refractivity contribution in [3.05, 3.63) is 0 Å². The van der Waals surface area contributed by atoms with Crippen molar-refractivity contribution in [2.75, 3.05) is 12.0 Å². The van der Waals surface area contributed by atoms with Crippen LogP contribution >= 0.6 is 11.8 Å². The van der Waals surface area contributed by atoms with Crippen molar-refractivity contribution >= 4 is 17.7 Å². The molecular weight excluding hydrogens is 239 g/mol. The van der Waals surface area contributed by atoms with Gasteiger partial charge in [0.1, 0.15) is 6.04 Å². The molecular formula is C5H11ClNO2SZn+. The van der Waals surface area contributed by atoms with E-state index in [1.54, 1.807) is 11.8 Å². The van der Waals surface area contributed by atoms with Gasteiger partial charge in [-0.15, -0.1) is 0 Å². The summed E-state index contributed by atoms with van der Waals surface area (Å²) in [5.41, 5.74) is 5.19. The molecule has 3 N–H and O–H groups in total. The van der Waals surface area contributed by atoms with Gasteiger partial charge in [0.15, 0.2) is 0 Å². The quantitative estimate of drug-likeness (QED) is 0.527. The van der Waals surface area contributed by atoms with Crippen molar-refractivity contribution < 1.29 is 41.8 Å². The smallest absolute Gasteiger partial charge is 1.00 e. The zero-order valence-electron chi connectivity index (χ0n) is 6.42. The van der Waals surface area contributed by atoms with Gasteiger partial charge in [0.2, 0.25) is 0 Å². The van der Waals surface area contributed by atoms with Crippen LogP contribution in [0.2, 0.25) is 0 Å². The van der Waals surface area contributed by atoms with Gasteiger partial charge in [-0.1, -0.05) is 0 Å². The Kier molecular flexibility index (Phi) is 17.2. The number of carboxylic acids is 1. The van der Waals surface area contributed by atoms with Gasteiger partial charge in [0.05, 0.1) is 0 Å². The molecule has 0 fully saturated rings. The van der Waals surface area contributed by atoms with E-state index in [9.17, 15) is 4.79 Å². The Labute approximate surface area is 89.7 Å². The van der Waals surface area contributed by atoms with Crippen LogP contribution in [0.5, 0.6) is 0 Å². The normalized spacial score (nSPS) is 10.7. The predicted octanol–water partition coefficient (Wildman–Crippen LogP) is -2.85. The molecule has 0 aliphatic rings. The molecule has 0 bridgehead atoms. The fourth-order valence-electron chi connectivity index (χ4n) is 0.368. The van der Waals surface area contributed by atoms with Crippen molar-refractivity contribution in [2.45, 2.75) is 12.5 Å². The number of thioether (sulfide) groups is 1. The SMILES string of the molecule is CSCCC(N)C(=O)O.[Cl-].[Zn+2]. The summed E-state index contributed by atoms with van der Waals surface area (Å²) in [5.74, 6) is -0.1000. The zero-order valence-corrected chi connectivity index (χ0v) is 11.0. The Morgan fingerprint density at radius 2 is 2.18 bits per heavy atom. The molecule has 6 heteroatoms. The molecule has 0 saturated carbocycles. The third kappa shape index (κ3) is 10.7. The fourth-order valence-corrected chi connectivity index (χ4v) is 0.858.